The third-order valence-electron chi connectivity index (χ3n) is 3.13. The van der Waals surface area contributed by atoms with Gasteiger partial charge >= 0.3 is 0 Å². The predicted molar refractivity (Wildman–Crippen MR) is 78.1 cm³/mol. The van der Waals surface area contributed by atoms with Crippen LogP contribution >= 0.6 is 0 Å². The number of benzene rings is 2. The molecule has 0 saturated heterocycles. The predicted octanol–water partition coefficient (Wildman–Crippen LogP) is 4.20. The number of aromatic nitrogens is 1. The summed E-state index contributed by atoms with van der Waals surface area (Å²) in [5.74, 6) is -0.484. The van der Waals surface area contributed by atoms with Crippen molar-refractivity contribution in [3.05, 3.63) is 77.7 Å². The van der Waals surface area contributed by atoms with E-state index < -0.39 is 0 Å². The number of nitrogens with one attached hydrogen (secondary N) is 1. The van der Waals surface area contributed by atoms with Crippen LogP contribution in [0, 0.1) is 5.82 Å². The fraction of sp³-hybridized carbons (Fsp3) is 0. The van der Waals surface area contributed by atoms with Crippen molar-refractivity contribution in [1.82, 2.24) is 4.98 Å². The minimum Gasteiger partial charge on any atom is -0.361 e. The summed E-state index contributed by atoms with van der Waals surface area (Å²) in [5.41, 5.74) is 2.49. The van der Waals surface area contributed by atoms with Gasteiger partial charge in [-0.2, -0.15) is 0 Å². The Labute approximate surface area is 115 Å². The number of hydrogen-bond acceptors (Lipinski definition) is 1. The SMILES string of the molecule is O=C(/C=C/c1ccc2[nH]ccc2c1)c1ccc(F)cc1. The normalized spacial score (nSPS) is 11.2. The van der Waals surface area contributed by atoms with Crippen LogP contribution < -0.4 is 0 Å². The maximum absolute atomic E-state index is 12.8. The molecule has 0 aliphatic heterocycles. The topological polar surface area (TPSA) is 32.9 Å². The monoisotopic (exact) mass is 265 g/mol. The Morgan fingerprint density at radius 2 is 1.85 bits per heavy atom. The molecule has 3 rings (SSSR count). The average molecular weight is 265 g/mol. The van der Waals surface area contributed by atoms with Gasteiger partial charge < -0.3 is 4.98 Å². The van der Waals surface area contributed by atoms with Gasteiger partial charge in [-0.25, -0.2) is 4.39 Å². The van der Waals surface area contributed by atoms with Crippen molar-refractivity contribution < 1.29 is 9.18 Å². The number of rotatable bonds is 3. The Kier molecular flexibility index (Phi) is 3.17. The lowest BCUT2D eigenvalue weighted by Crippen LogP contribution is -1.93. The van der Waals surface area contributed by atoms with Crippen molar-refractivity contribution >= 4 is 22.8 Å². The van der Waals surface area contributed by atoms with Gasteiger partial charge in [-0.05, 0) is 59.5 Å². The largest absolute Gasteiger partial charge is 0.361 e. The molecule has 0 fully saturated rings. The van der Waals surface area contributed by atoms with Gasteiger partial charge in [0.25, 0.3) is 0 Å². The van der Waals surface area contributed by atoms with Crippen LogP contribution in [0.2, 0.25) is 0 Å². The molecule has 3 heteroatoms. The number of carbonyl (C=O) groups is 1. The van der Waals surface area contributed by atoms with Gasteiger partial charge in [-0.3, -0.25) is 4.79 Å². The maximum atomic E-state index is 12.8. The van der Waals surface area contributed by atoms with Gasteiger partial charge in [0, 0.05) is 17.3 Å². The zero-order valence-electron chi connectivity index (χ0n) is 10.6. The molecular formula is C17H12FNO. The number of H-pyrrole nitrogens is 1. The number of fused-ring (bicyclic) bond motifs is 1. The molecule has 0 unspecified atom stereocenters. The molecule has 0 bridgehead atoms. The van der Waals surface area contributed by atoms with E-state index in [1.54, 1.807) is 6.08 Å². The summed E-state index contributed by atoms with van der Waals surface area (Å²) in [6.07, 6.45) is 5.14. The summed E-state index contributed by atoms with van der Waals surface area (Å²) >= 11 is 0. The number of aromatic amines is 1. The van der Waals surface area contributed by atoms with E-state index in [-0.39, 0.29) is 11.6 Å². The van der Waals surface area contributed by atoms with E-state index in [4.69, 9.17) is 0 Å². The molecule has 3 aromatic rings. The highest BCUT2D eigenvalue weighted by Gasteiger charge is 2.01. The quantitative estimate of drug-likeness (QED) is 0.558. The van der Waals surface area contributed by atoms with Crippen LogP contribution in [0.1, 0.15) is 15.9 Å². The lowest BCUT2D eigenvalue weighted by atomic mass is 10.1. The Bertz CT molecular complexity index is 784. The van der Waals surface area contributed by atoms with Crippen LogP contribution in [0.5, 0.6) is 0 Å². The molecule has 0 aliphatic carbocycles. The minimum absolute atomic E-state index is 0.140. The Hall–Kier alpha value is -2.68. The molecule has 20 heavy (non-hydrogen) atoms. The fourth-order valence-electron chi connectivity index (χ4n) is 2.06. The second kappa shape index (κ2) is 5.13. The average Bonchev–Trinajstić information content (AvgIpc) is 2.93. The van der Waals surface area contributed by atoms with Gasteiger partial charge in [-0.15, -0.1) is 0 Å². The van der Waals surface area contributed by atoms with Crippen molar-refractivity contribution in [2.24, 2.45) is 0 Å². The maximum Gasteiger partial charge on any atom is 0.185 e. The van der Waals surface area contributed by atoms with Crippen LogP contribution in [0.3, 0.4) is 0 Å². The van der Waals surface area contributed by atoms with Gasteiger partial charge in [0.2, 0.25) is 0 Å². The molecule has 2 nitrogen and oxygen atoms in total. The molecule has 1 heterocycles. The summed E-state index contributed by atoms with van der Waals surface area (Å²) in [6.45, 7) is 0. The molecule has 1 N–H and O–H groups in total. The van der Waals surface area contributed by atoms with E-state index in [2.05, 4.69) is 4.98 Å². The van der Waals surface area contributed by atoms with E-state index in [1.807, 2.05) is 30.5 Å². The first-order valence-electron chi connectivity index (χ1n) is 6.27. The number of ketones is 1. The third kappa shape index (κ3) is 2.52. The molecule has 0 atom stereocenters. The Balaban J connectivity index is 1.82. The molecule has 0 amide bonds. The second-order valence-electron chi connectivity index (χ2n) is 4.53. The first-order chi connectivity index (χ1) is 9.72. The lowest BCUT2D eigenvalue weighted by Gasteiger charge is -1.96. The van der Waals surface area contributed by atoms with Gasteiger partial charge in [0.15, 0.2) is 5.78 Å². The summed E-state index contributed by atoms with van der Waals surface area (Å²) in [7, 11) is 0. The number of hydrogen-bond donors (Lipinski definition) is 1. The Morgan fingerprint density at radius 3 is 2.65 bits per heavy atom. The second-order valence-corrected chi connectivity index (χ2v) is 4.53. The van der Waals surface area contributed by atoms with Crippen LogP contribution in [0.4, 0.5) is 4.39 Å². The highest BCUT2D eigenvalue weighted by atomic mass is 19.1. The van der Waals surface area contributed by atoms with E-state index in [0.29, 0.717) is 5.56 Å². The minimum atomic E-state index is -0.344. The standard InChI is InChI=1S/C17H12FNO/c18-15-5-3-13(4-6-15)17(20)8-2-12-1-7-16-14(11-12)9-10-19-16/h1-11,19H/b8-2+. The van der Waals surface area contributed by atoms with E-state index in [1.165, 1.54) is 30.3 Å². The third-order valence-corrected chi connectivity index (χ3v) is 3.13. The first kappa shape index (κ1) is 12.4. The lowest BCUT2D eigenvalue weighted by molar-refractivity contribution is 0.104. The molecule has 0 aliphatic rings. The number of halogens is 1. The molecule has 0 radical (unpaired) electrons. The van der Waals surface area contributed by atoms with Crippen molar-refractivity contribution in [3.8, 4) is 0 Å². The molecule has 1 aromatic heterocycles. The van der Waals surface area contributed by atoms with Crippen LogP contribution in [0.15, 0.2) is 60.8 Å². The van der Waals surface area contributed by atoms with Crippen molar-refractivity contribution in [2.45, 2.75) is 0 Å². The fourth-order valence-corrected chi connectivity index (χ4v) is 2.06. The molecule has 0 saturated carbocycles. The van der Waals surface area contributed by atoms with Crippen molar-refractivity contribution in [1.29, 1.82) is 0 Å². The molecule has 2 aromatic carbocycles. The van der Waals surface area contributed by atoms with Crippen LogP contribution in [0.25, 0.3) is 17.0 Å². The van der Waals surface area contributed by atoms with Gasteiger partial charge in [0.05, 0.1) is 0 Å². The molecule has 98 valence electrons. The number of allylic oxidation sites excluding steroid dienone is 1. The van der Waals surface area contributed by atoms with Gasteiger partial charge in [-0.1, -0.05) is 12.1 Å². The molecular weight excluding hydrogens is 253 g/mol. The van der Waals surface area contributed by atoms with Crippen molar-refractivity contribution in [2.75, 3.05) is 0 Å². The van der Waals surface area contributed by atoms with Gasteiger partial charge in [0.1, 0.15) is 5.82 Å². The van der Waals surface area contributed by atoms with Crippen molar-refractivity contribution in [3.63, 3.8) is 0 Å². The number of carbonyl (C=O) groups excluding carboxylic acids is 1. The highest BCUT2D eigenvalue weighted by molar-refractivity contribution is 6.06. The van der Waals surface area contributed by atoms with Crippen LogP contribution in [-0.2, 0) is 0 Å². The Morgan fingerprint density at radius 1 is 1.05 bits per heavy atom. The zero-order valence-corrected chi connectivity index (χ0v) is 10.6. The van der Waals surface area contributed by atoms with Crippen LogP contribution in [-0.4, -0.2) is 10.8 Å². The van der Waals surface area contributed by atoms with E-state index in [0.717, 1.165) is 16.5 Å². The highest BCUT2D eigenvalue weighted by Crippen LogP contribution is 2.15. The summed E-state index contributed by atoms with van der Waals surface area (Å²) in [4.78, 5) is 15.0. The zero-order chi connectivity index (χ0) is 13.9. The summed E-state index contributed by atoms with van der Waals surface area (Å²) < 4.78 is 12.8. The van der Waals surface area contributed by atoms with E-state index in [9.17, 15) is 9.18 Å². The first-order valence-corrected chi connectivity index (χ1v) is 6.27. The summed E-state index contributed by atoms with van der Waals surface area (Å²) in [5, 5.41) is 1.10. The smallest absolute Gasteiger partial charge is 0.185 e. The molecule has 0 spiro atoms. The summed E-state index contributed by atoms with van der Waals surface area (Å²) in [6, 6.07) is 13.4. The van der Waals surface area contributed by atoms with E-state index >= 15 is 0 Å².